The van der Waals surface area contributed by atoms with Crippen LogP contribution in [0.1, 0.15) is 5.56 Å². The first-order valence-corrected chi connectivity index (χ1v) is 4.96. The van der Waals surface area contributed by atoms with Crippen LogP contribution in [0.2, 0.25) is 0 Å². The number of carbonyl (C=O) groups is 2. The second kappa shape index (κ2) is 4.56. The summed E-state index contributed by atoms with van der Waals surface area (Å²) >= 11 is 0. The second-order valence-corrected chi connectivity index (χ2v) is 3.48. The molecule has 1 heterocycles. The molecule has 0 radical (unpaired) electrons. The Morgan fingerprint density at radius 1 is 1.24 bits per heavy atom. The monoisotopic (exact) mass is 230 g/mol. The van der Waals surface area contributed by atoms with Crippen LogP contribution in [-0.4, -0.2) is 11.9 Å². The van der Waals surface area contributed by atoms with Crippen molar-refractivity contribution in [2.75, 3.05) is 0 Å². The van der Waals surface area contributed by atoms with Crippen LogP contribution < -0.4 is 11.1 Å². The molecule has 0 aromatic heterocycles. The van der Waals surface area contributed by atoms with Crippen LogP contribution in [0, 0.1) is 0 Å². The number of urea groups is 1. The molecule has 6 nitrogen and oxygen atoms in total. The molecule has 3 N–H and O–H groups in total. The number of nitrogens with one attached hydrogen (secondary N) is 1. The van der Waals surface area contributed by atoms with E-state index >= 15 is 0 Å². The Labute approximate surface area is 97.2 Å². The number of hydrogen-bond acceptors (Lipinski definition) is 3. The van der Waals surface area contributed by atoms with Crippen molar-refractivity contribution in [3.05, 3.63) is 47.3 Å². The van der Waals surface area contributed by atoms with E-state index in [0.29, 0.717) is 12.0 Å². The van der Waals surface area contributed by atoms with Crippen LogP contribution in [0.5, 0.6) is 0 Å². The molecule has 0 spiro atoms. The molecular weight excluding hydrogens is 220 g/mol. The molecule has 17 heavy (non-hydrogen) atoms. The van der Waals surface area contributed by atoms with Gasteiger partial charge in [-0.1, -0.05) is 30.3 Å². The first-order chi connectivity index (χ1) is 8.16. The van der Waals surface area contributed by atoms with Gasteiger partial charge in [-0.2, -0.15) is 0 Å². The van der Waals surface area contributed by atoms with Gasteiger partial charge in [0.1, 0.15) is 0 Å². The molecule has 0 saturated carbocycles. The minimum Gasteiger partial charge on any atom is -0.351 e. The molecule has 0 fully saturated rings. The molecule has 86 valence electrons. The Kier molecular flexibility index (Phi) is 2.95. The Morgan fingerprint density at radius 3 is 2.59 bits per heavy atom. The number of primary amides is 1. The Balaban J connectivity index is 2.23. The molecule has 0 bridgehead atoms. The lowest BCUT2D eigenvalue weighted by Gasteiger charge is -2.03. The van der Waals surface area contributed by atoms with E-state index < -0.39 is 11.9 Å². The van der Waals surface area contributed by atoms with Gasteiger partial charge < -0.3 is 5.73 Å². The third-order valence-corrected chi connectivity index (χ3v) is 2.25. The van der Waals surface area contributed by atoms with Gasteiger partial charge in [0.15, 0.2) is 5.82 Å². The lowest BCUT2D eigenvalue weighted by atomic mass is 10.1. The highest BCUT2D eigenvalue weighted by molar-refractivity contribution is 5.97. The first-order valence-electron chi connectivity index (χ1n) is 4.96. The van der Waals surface area contributed by atoms with E-state index in [4.69, 9.17) is 5.73 Å². The molecule has 1 aliphatic heterocycles. The summed E-state index contributed by atoms with van der Waals surface area (Å²) in [7, 11) is 0. The van der Waals surface area contributed by atoms with Crippen LogP contribution in [0.25, 0.3) is 0 Å². The first kappa shape index (κ1) is 11.0. The second-order valence-electron chi connectivity index (χ2n) is 3.48. The van der Waals surface area contributed by atoms with Crippen molar-refractivity contribution in [1.29, 1.82) is 0 Å². The van der Waals surface area contributed by atoms with Crippen molar-refractivity contribution in [1.82, 2.24) is 5.32 Å². The molecule has 1 aromatic carbocycles. The van der Waals surface area contributed by atoms with Crippen molar-refractivity contribution < 1.29 is 9.59 Å². The van der Waals surface area contributed by atoms with Gasteiger partial charge in [-0.05, 0) is 5.56 Å². The zero-order valence-corrected chi connectivity index (χ0v) is 8.88. The van der Waals surface area contributed by atoms with Gasteiger partial charge in [-0.3, -0.25) is 10.1 Å². The van der Waals surface area contributed by atoms with Gasteiger partial charge in [0.05, 0.1) is 5.57 Å². The van der Waals surface area contributed by atoms with Crippen molar-refractivity contribution >= 4 is 11.9 Å². The van der Waals surface area contributed by atoms with Gasteiger partial charge in [0, 0.05) is 6.42 Å². The SMILES string of the molecule is NC(=O)NC1=C(Cc2ccccc2)C(=O)N=N1. The van der Waals surface area contributed by atoms with E-state index in [-0.39, 0.29) is 5.82 Å². The average molecular weight is 230 g/mol. The summed E-state index contributed by atoms with van der Waals surface area (Å²) in [5, 5.41) is 9.25. The molecule has 0 unspecified atom stereocenters. The minimum atomic E-state index is -0.765. The zero-order chi connectivity index (χ0) is 12.3. The summed E-state index contributed by atoms with van der Waals surface area (Å²) < 4.78 is 0. The molecule has 0 aliphatic carbocycles. The van der Waals surface area contributed by atoms with E-state index in [1.807, 2.05) is 30.3 Å². The van der Waals surface area contributed by atoms with E-state index in [9.17, 15) is 9.59 Å². The fraction of sp³-hybridized carbons (Fsp3) is 0.0909. The number of amides is 3. The number of benzene rings is 1. The van der Waals surface area contributed by atoms with Gasteiger partial charge >= 0.3 is 6.03 Å². The summed E-state index contributed by atoms with van der Waals surface area (Å²) in [6.07, 6.45) is 0.363. The summed E-state index contributed by atoms with van der Waals surface area (Å²) in [4.78, 5) is 22.2. The standard InChI is InChI=1S/C11H10N4O2/c12-11(17)13-9-8(10(16)15-14-9)6-7-4-2-1-3-5-7/h1-5H,6H2,(H3,12,13,17). The zero-order valence-electron chi connectivity index (χ0n) is 8.88. The number of nitrogens with two attached hydrogens (primary N) is 1. The number of hydrogen-bond donors (Lipinski definition) is 2. The summed E-state index contributed by atoms with van der Waals surface area (Å²) in [5.41, 5.74) is 6.26. The normalized spacial score (nSPS) is 14.2. The van der Waals surface area contributed by atoms with Crippen LogP contribution >= 0.6 is 0 Å². The lowest BCUT2D eigenvalue weighted by Crippen LogP contribution is -2.28. The van der Waals surface area contributed by atoms with Crippen molar-refractivity contribution in [3.8, 4) is 0 Å². The molecule has 0 atom stereocenters. The third-order valence-electron chi connectivity index (χ3n) is 2.25. The molecule has 1 aliphatic rings. The maximum absolute atomic E-state index is 11.5. The van der Waals surface area contributed by atoms with Crippen LogP contribution in [0.4, 0.5) is 4.79 Å². The summed E-state index contributed by atoms with van der Waals surface area (Å²) in [5.74, 6) is -0.316. The van der Waals surface area contributed by atoms with Gasteiger partial charge in [0.2, 0.25) is 0 Å². The van der Waals surface area contributed by atoms with Crippen molar-refractivity contribution in [2.45, 2.75) is 6.42 Å². The molecule has 6 heteroatoms. The van der Waals surface area contributed by atoms with E-state index in [0.717, 1.165) is 5.56 Å². The highest BCUT2D eigenvalue weighted by Gasteiger charge is 2.22. The molecular formula is C11H10N4O2. The average Bonchev–Trinajstić information content (AvgIpc) is 2.62. The number of rotatable bonds is 3. The largest absolute Gasteiger partial charge is 0.351 e. The molecule has 3 amide bonds. The van der Waals surface area contributed by atoms with Crippen LogP contribution in [-0.2, 0) is 11.2 Å². The minimum absolute atomic E-state index is 0.131. The van der Waals surface area contributed by atoms with E-state index in [1.165, 1.54) is 0 Å². The molecule has 2 rings (SSSR count). The third kappa shape index (κ3) is 2.54. The fourth-order valence-corrected chi connectivity index (χ4v) is 1.49. The van der Waals surface area contributed by atoms with Gasteiger partial charge in [-0.15, -0.1) is 10.2 Å². The van der Waals surface area contributed by atoms with E-state index in [1.54, 1.807) is 0 Å². The van der Waals surface area contributed by atoms with E-state index in [2.05, 4.69) is 15.5 Å². The van der Waals surface area contributed by atoms with Gasteiger partial charge in [-0.25, -0.2) is 4.79 Å². The number of carbonyl (C=O) groups excluding carboxylic acids is 2. The lowest BCUT2D eigenvalue weighted by molar-refractivity contribution is -0.114. The number of azo groups is 1. The predicted octanol–water partition coefficient (Wildman–Crippen LogP) is 1.10. The highest BCUT2D eigenvalue weighted by Crippen LogP contribution is 2.18. The van der Waals surface area contributed by atoms with Crippen LogP contribution in [0.15, 0.2) is 52.0 Å². The maximum atomic E-state index is 11.5. The topological polar surface area (TPSA) is 96.9 Å². The Bertz CT molecular complexity index is 520. The predicted molar refractivity (Wildman–Crippen MR) is 59.8 cm³/mol. The van der Waals surface area contributed by atoms with Crippen LogP contribution in [0.3, 0.4) is 0 Å². The Morgan fingerprint density at radius 2 is 1.94 bits per heavy atom. The fourth-order valence-electron chi connectivity index (χ4n) is 1.49. The molecule has 1 aromatic rings. The molecule has 0 saturated heterocycles. The quantitative estimate of drug-likeness (QED) is 0.812. The number of nitrogens with zero attached hydrogens (tertiary/aromatic N) is 2. The smallest absolute Gasteiger partial charge is 0.317 e. The van der Waals surface area contributed by atoms with Gasteiger partial charge in [0.25, 0.3) is 5.91 Å². The maximum Gasteiger partial charge on any atom is 0.317 e. The summed E-state index contributed by atoms with van der Waals surface area (Å²) in [6, 6.07) is 8.60. The van der Waals surface area contributed by atoms with Crippen molar-refractivity contribution in [3.63, 3.8) is 0 Å². The van der Waals surface area contributed by atoms with Crippen molar-refractivity contribution in [2.24, 2.45) is 16.0 Å². The summed E-state index contributed by atoms with van der Waals surface area (Å²) in [6.45, 7) is 0. The Hall–Kier alpha value is -2.50. The highest BCUT2D eigenvalue weighted by atomic mass is 16.2.